The van der Waals surface area contributed by atoms with Crippen LogP contribution in [0, 0.1) is 28.6 Å². The molecule has 2 atom stereocenters. The molecule has 122 valence electrons. The van der Waals surface area contributed by atoms with Crippen molar-refractivity contribution in [3.8, 4) is 11.8 Å². The predicted molar refractivity (Wildman–Crippen MR) is 93.5 cm³/mol. The minimum absolute atomic E-state index is 0.111. The summed E-state index contributed by atoms with van der Waals surface area (Å²) in [5.41, 5.74) is 1.46. The highest BCUT2D eigenvalue weighted by molar-refractivity contribution is 5.76. The number of carbonyl (C=O) groups excluding carboxylic acids is 1. The van der Waals surface area contributed by atoms with Crippen molar-refractivity contribution in [1.29, 1.82) is 0 Å². The molecule has 2 heteroatoms. The number of carbonyl (C=O) groups is 1. The van der Waals surface area contributed by atoms with Gasteiger partial charge < -0.3 is 4.74 Å². The molecule has 1 aliphatic carbocycles. The Morgan fingerprint density at radius 2 is 1.83 bits per heavy atom. The van der Waals surface area contributed by atoms with E-state index in [0.29, 0.717) is 0 Å². The van der Waals surface area contributed by atoms with Gasteiger partial charge in [-0.2, -0.15) is 0 Å². The molecule has 0 bridgehead atoms. The van der Waals surface area contributed by atoms with Crippen LogP contribution in [-0.2, 0) is 9.53 Å². The fourth-order valence-electron chi connectivity index (χ4n) is 2.40. The molecule has 2 rings (SSSR count). The van der Waals surface area contributed by atoms with Crippen LogP contribution in [0.15, 0.2) is 41.7 Å². The van der Waals surface area contributed by atoms with E-state index in [1.807, 2.05) is 65.0 Å². The number of rotatable bonds is 2. The van der Waals surface area contributed by atoms with Crippen molar-refractivity contribution in [2.24, 2.45) is 16.7 Å². The Balaban J connectivity index is 2.15. The number of ether oxygens (including phenoxy) is 1. The van der Waals surface area contributed by atoms with Crippen LogP contribution in [0.1, 0.15) is 53.5 Å². The molecular weight excluding hydrogens is 284 g/mol. The lowest BCUT2D eigenvalue weighted by molar-refractivity contribution is -0.149. The quantitative estimate of drug-likeness (QED) is 0.439. The summed E-state index contributed by atoms with van der Waals surface area (Å²) in [5.74, 6) is 7.44. The molecule has 0 heterocycles. The maximum absolute atomic E-state index is 12.2. The first-order valence-corrected chi connectivity index (χ1v) is 8.11. The van der Waals surface area contributed by atoms with E-state index < -0.39 is 5.41 Å². The largest absolute Gasteiger partial charge is 0.430 e. The molecule has 0 aromatic heterocycles. The van der Waals surface area contributed by atoms with E-state index in [0.717, 1.165) is 23.3 Å². The van der Waals surface area contributed by atoms with Crippen LogP contribution in [0.25, 0.3) is 0 Å². The molecule has 0 radical (unpaired) electrons. The van der Waals surface area contributed by atoms with Gasteiger partial charge in [0.15, 0.2) is 0 Å². The zero-order valence-electron chi connectivity index (χ0n) is 15.0. The van der Waals surface area contributed by atoms with Crippen LogP contribution in [0.2, 0.25) is 0 Å². The average Bonchev–Trinajstić information content (AvgIpc) is 3.14. The number of esters is 1. The van der Waals surface area contributed by atoms with Gasteiger partial charge in [-0.05, 0) is 65.7 Å². The lowest BCUT2D eigenvalue weighted by atomic mass is 9.97. The molecule has 2 unspecified atom stereocenters. The zero-order chi connectivity index (χ0) is 17.3. The molecule has 0 aliphatic heterocycles. The van der Waals surface area contributed by atoms with Crippen molar-refractivity contribution in [2.75, 3.05) is 0 Å². The fraction of sp³-hybridized carbons (Fsp3) is 0.476. The lowest BCUT2D eigenvalue weighted by Crippen LogP contribution is -2.24. The van der Waals surface area contributed by atoms with Crippen LogP contribution in [0.5, 0.6) is 0 Å². The molecule has 23 heavy (non-hydrogen) atoms. The second-order valence-corrected chi connectivity index (χ2v) is 7.79. The Morgan fingerprint density at radius 3 is 2.35 bits per heavy atom. The molecule has 0 saturated heterocycles. The first-order valence-electron chi connectivity index (χ1n) is 8.11. The van der Waals surface area contributed by atoms with Gasteiger partial charge in [0.1, 0.15) is 5.76 Å². The molecule has 1 fully saturated rings. The summed E-state index contributed by atoms with van der Waals surface area (Å²) in [6, 6.07) is 9.98. The lowest BCUT2D eigenvalue weighted by Gasteiger charge is -2.19. The summed E-state index contributed by atoms with van der Waals surface area (Å²) >= 11 is 0. The van der Waals surface area contributed by atoms with Gasteiger partial charge in [0.2, 0.25) is 0 Å². The van der Waals surface area contributed by atoms with Crippen LogP contribution in [-0.4, -0.2) is 5.97 Å². The van der Waals surface area contributed by atoms with Gasteiger partial charge >= 0.3 is 5.97 Å². The molecule has 2 nitrogen and oxygen atoms in total. The molecule has 1 aromatic rings. The first-order chi connectivity index (χ1) is 10.6. The van der Waals surface area contributed by atoms with Crippen LogP contribution in [0.4, 0.5) is 0 Å². The maximum Gasteiger partial charge on any atom is 0.316 e. The third kappa shape index (κ3) is 4.26. The van der Waals surface area contributed by atoms with Crippen molar-refractivity contribution in [3.63, 3.8) is 0 Å². The van der Waals surface area contributed by atoms with E-state index in [1.165, 1.54) is 0 Å². The smallest absolute Gasteiger partial charge is 0.316 e. The highest BCUT2D eigenvalue weighted by Crippen LogP contribution is 2.56. The highest BCUT2D eigenvalue weighted by atomic mass is 16.5. The highest BCUT2D eigenvalue weighted by Gasteiger charge is 2.53. The van der Waals surface area contributed by atoms with Crippen molar-refractivity contribution < 1.29 is 9.53 Å². The van der Waals surface area contributed by atoms with Crippen molar-refractivity contribution in [3.05, 3.63) is 47.2 Å². The second-order valence-electron chi connectivity index (χ2n) is 7.79. The second kappa shape index (κ2) is 6.24. The molecule has 0 spiro atoms. The standard InChI is InChI=1S/C21H26O2/c1-15(2)18(23-19(22)20(3,4)5)17-14-21(17,6)13-12-16-10-8-7-9-11-16/h7-11,17H,14H2,1-6H3. The monoisotopic (exact) mass is 310 g/mol. The Kier molecular flexibility index (Phi) is 4.71. The minimum atomic E-state index is -0.498. The molecule has 1 aromatic carbocycles. The van der Waals surface area contributed by atoms with E-state index in [9.17, 15) is 4.79 Å². The Hall–Kier alpha value is -2.01. The number of benzene rings is 1. The SMILES string of the molecule is CC(C)=C(OC(=O)C(C)(C)C)C1CC1(C)C#Cc1ccccc1. The third-order valence-electron chi connectivity index (χ3n) is 4.13. The van der Waals surface area contributed by atoms with Crippen molar-refractivity contribution in [2.45, 2.75) is 48.0 Å². The topological polar surface area (TPSA) is 26.3 Å². The molecular formula is C21H26O2. The van der Waals surface area contributed by atoms with Gasteiger partial charge in [-0.1, -0.05) is 30.0 Å². The summed E-state index contributed by atoms with van der Waals surface area (Å²) in [6.07, 6.45) is 0.935. The van der Waals surface area contributed by atoms with Crippen molar-refractivity contribution >= 4 is 5.97 Å². The summed E-state index contributed by atoms with van der Waals surface area (Å²) in [4.78, 5) is 12.2. The van der Waals surface area contributed by atoms with Crippen LogP contribution < -0.4 is 0 Å². The molecule has 1 aliphatic rings. The summed E-state index contributed by atoms with van der Waals surface area (Å²) in [5, 5.41) is 0. The number of allylic oxidation sites excluding steroid dienone is 2. The third-order valence-corrected chi connectivity index (χ3v) is 4.13. The first kappa shape index (κ1) is 17.3. The Labute approximate surface area is 139 Å². The summed E-state index contributed by atoms with van der Waals surface area (Å²) in [7, 11) is 0. The number of hydrogen-bond acceptors (Lipinski definition) is 2. The number of hydrogen-bond donors (Lipinski definition) is 0. The maximum atomic E-state index is 12.2. The van der Waals surface area contributed by atoms with E-state index in [2.05, 4.69) is 18.8 Å². The van der Waals surface area contributed by atoms with Gasteiger partial charge in [-0.25, -0.2) is 0 Å². The van der Waals surface area contributed by atoms with Gasteiger partial charge in [-0.15, -0.1) is 0 Å². The Bertz CT molecular complexity index is 676. The van der Waals surface area contributed by atoms with E-state index in [1.54, 1.807) is 0 Å². The van der Waals surface area contributed by atoms with Gasteiger partial charge in [0.05, 0.1) is 5.41 Å². The minimum Gasteiger partial charge on any atom is -0.430 e. The Morgan fingerprint density at radius 1 is 1.22 bits per heavy atom. The van der Waals surface area contributed by atoms with E-state index >= 15 is 0 Å². The molecule has 0 amide bonds. The van der Waals surface area contributed by atoms with E-state index in [4.69, 9.17) is 4.74 Å². The normalized spacial score (nSPS) is 22.6. The molecule has 0 N–H and O–H groups in total. The van der Waals surface area contributed by atoms with Gasteiger partial charge in [0, 0.05) is 16.9 Å². The fourth-order valence-corrected chi connectivity index (χ4v) is 2.40. The van der Waals surface area contributed by atoms with Gasteiger partial charge in [-0.3, -0.25) is 4.79 Å². The molecule has 1 saturated carbocycles. The van der Waals surface area contributed by atoms with Gasteiger partial charge in [0.25, 0.3) is 0 Å². The van der Waals surface area contributed by atoms with Crippen molar-refractivity contribution in [1.82, 2.24) is 0 Å². The van der Waals surface area contributed by atoms with Crippen LogP contribution in [0.3, 0.4) is 0 Å². The summed E-state index contributed by atoms with van der Waals surface area (Å²) < 4.78 is 5.72. The average molecular weight is 310 g/mol. The zero-order valence-corrected chi connectivity index (χ0v) is 15.0. The van der Waals surface area contributed by atoms with Crippen LogP contribution >= 0.6 is 0 Å². The van der Waals surface area contributed by atoms with E-state index in [-0.39, 0.29) is 17.3 Å². The summed E-state index contributed by atoms with van der Waals surface area (Å²) in [6.45, 7) is 11.8. The predicted octanol–water partition coefficient (Wildman–Crippen LogP) is 4.95.